The van der Waals surface area contributed by atoms with Gasteiger partial charge >= 0.3 is 0 Å². The van der Waals surface area contributed by atoms with E-state index in [1.165, 1.54) is 0 Å². The smallest absolute Gasteiger partial charge is 0.225 e. The van der Waals surface area contributed by atoms with Crippen molar-refractivity contribution < 1.29 is 9.47 Å². The number of aromatic nitrogens is 5. The molecule has 27 heavy (non-hydrogen) atoms. The molecule has 0 aliphatic carbocycles. The first-order valence-electron chi connectivity index (χ1n) is 9.54. The molecule has 2 saturated heterocycles. The second kappa shape index (κ2) is 8.18. The van der Waals surface area contributed by atoms with Crippen molar-refractivity contribution in [3.8, 4) is 0 Å². The van der Waals surface area contributed by atoms with E-state index in [1.807, 2.05) is 19.3 Å². The number of nitrogens with zero attached hydrogens (tertiary/aromatic N) is 6. The van der Waals surface area contributed by atoms with Gasteiger partial charge in [-0.3, -0.25) is 0 Å². The lowest BCUT2D eigenvalue weighted by Gasteiger charge is -2.23. The second-order valence-corrected chi connectivity index (χ2v) is 7.15. The van der Waals surface area contributed by atoms with E-state index in [4.69, 9.17) is 14.5 Å². The van der Waals surface area contributed by atoms with Gasteiger partial charge in [0.15, 0.2) is 5.82 Å². The topological polar surface area (TPSA) is 90.2 Å². The van der Waals surface area contributed by atoms with E-state index in [0.29, 0.717) is 24.4 Å². The highest BCUT2D eigenvalue weighted by atomic mass is 16.5. The van der Waals surface area contributed by atoms with Gasteiger partial charge in [-0.1, -0.05) is 0 Å². The van der Waals surface area contributed by atoms with Gasteiger partial charge in [0.2, 0.25) is 11.9 Å². The Hall–Kier alpha value is -2.26. The number of methoxy groups -OCH3 is 1. The predicted molar refractivity (Wildman–Crippen MR) is 101 cm³/mol. The van der Waals surface area contributed by atoms with E-state index in [9.17, 15) is 0 Å². The number of nitrogens with one attached hydrogen (secondary N) is 1. The molecule has 9 nitrogen and oxygen atoms in total. The lowest BCUT2D eigenvalue weighted by atomic mass is 9.96. The van der Waals surface area contributed by atoms with Crippen molar-refractivity contribution in [3.05, 3.63) is 23.8 Å². The van der Waals surface area contributed by atoms with Gasteiger partial charge in [-0.05, 0) is 25.3 Å². The van der Waals surface area contributed by atoms with Gasteiger partial charge in [0.25, 0.3) is 0 Å². The molecule has 2 aromatic heterocycles. The number of hydrogen-bond acceptors (Lipinski definition) is 8. The fraction of sp³-hybridized carbons (Fsp3) is 0.667. The Kier molecular flexibility index (Phi) is 5.49. The van der Waals surface area contributed by atoms with Crippen LogP contribution < -0.4 is 10.2 Å². The van der Waals surface area contributed by atoms with Crippen molar-refractivity contribution in [2.45, 2.75) is 37.8 Å². The Labute approximate surface area is 159 Å². The predicted octanol–water partition coefficient (Wildman–Crippen LogP) is 1.34. The third kappa shape index (κ3) is 4.19. The van der Waals surface area contributed by atoms with E-state index in [2.05, 4.69) is 25.3 Å². The van der Waals surface area contributed by atoms with Crippen molar-refractivity contribution in [1.29, 1.82) is 0 Å². The summed E-state index contributed by atoms with van der Waals surface area (Å²) in [6, 6.07) is 2.33. The molecule has 0 radical (unpaired) electrons. The van der Waals surface area contributed by atoms with Crippen LogP contribution in [-0.2, 0) is 23.1 Å². The molecule has 1 unspecified atom stereocenters. The van der Waals surface area contributed by atoms with Gasteiger partial charge in [-0.25, -0.2) is 14.6 Å². The summed E-state index contributed by atoms with van der Waals surface area (Å²) in [5, 5.41) is 7.84. The molecule has 0 amide bonds. The number of ether oxygens (including phenoxy) is 2. The van der Waals surface area contributed by atoms with Gasteiger partial charge in [0.1, 0.15) is 6.61 Å². The molecule has 2 aliphatic heterocycles. The molecule has 1 N–H and O–H groups in total. The van der Waals surface area contributed by atoms with Gasteiger partial charge in [-0.15, -0.1) is 0 Å². The fourth-order valence-corrected chi connectivity index (χ4v) is 3.73. The average molecular weight is 373 g/mol. The normalized spacial score (nSPS) is 21.0. The molecule has 0 spiro atoms. The van der Waals surface area contributed by atoms with Crippen LogP contribution >= 0.6 is 0 Å². The van der Waals surface area contributed by atoms with Crippen molar-refractivity contribution in [3.63, 3.8) is 0 Å². The van der Waals surface area contributed by atoms with Crippen LogP contribution in [0.2, 0.25) is 0 Å². The number of hydrogen-bond donors (Lipinski definition) is 1. The lowest BCUT2D eigenvalue weighted by molar-refractivity contribution is 0.0845. The summed E-state index contributed by atoms with van der Waals surface area (Å²) in [7, 11) is 3.54. The Morgan fingerprint density at radius 1 is 1.26 bits per heavy atom. The lowest BCUT2D eigenvalue weighted by Crippen LogP contribution is -2.28. The molecule has 4 heterocycles. The monoisotopic (exact) mass is 373 g/mol. The molecule has 2 aliphatic rings. The molecule has 0 bridgehead atoms. The van der Waals surface area contributed by atoms with E-state index in [-0.39, 0.29) is 0 Å². The number of anilines is 2. The fourth-order valence-electron chi connectivity index (χ4n) is 3.73. The summed E-state index contributed by atoms with van der Waals surface area (Å²) in [6.07, 6.45) is 4.97. The molecule has 1 atom stereocenters. The van der Waals surface area contributed by atoms with Gasteiger partial charge in [-0.2, -0.15) is 10.1 Å². The van der Waals surface area contributed by atoms with Crippen molar-refractivity contribution in [2.24, 2.45) is 7.05 Å². The Morgan fingerprint density at radius 3 is 2.93 bits per heavy atom. The van der Waals surface area contributed by atoms with Crippen LogP contribution in [0.5, 0.6) is 0 Å². The molecular weight excluding hydrogens is 346 g/mol. The minimum absolute atomic E-state index is 0.290. The zero-order valence-electron chi connectivity index (χ0n) is 16.0. The zero-order valence-corrected chi connectivity index (χ0v) is 16.0. The summed E-state index contributed by atoms with van der Waals surface area (Å²) in [5.41, 5.74) is 1.14. The summed E-state index contributed by atoms with van der Waals surface area (Å²) < 4.78 is 12.3. The maximum atomic E-state index is 5.47. The quantitative estimate of drug-likeness (QED) is 0.811. The van der Waals surface area contributed by atoms with Gasteiger partial charge in [0, 0.05) is 64.3 Å². The molecule has 2 fully saturated rings. The first-order chi connectivity index (χ1) is 13.2. The summed E-state index contributed by atoms with van der Waals surface area (Å²) in [5.74, 6) is 2.76. The standard InChI is InChI=1S/C18H27N7O2/c1-24-18(22-16(23-24)12-26-2)20-14-4-8-25(11-14)17-19-7-3-15(21-17)13-5-9-27-10-6-13/h3,7,13-14H,4-6,8-12H2,1-2H3,(H,20,22,23). The second-order valence-electron chi connectivity index (χ2n) is 7.15. The molecule has 146 valence electrons. The molecule has 9 heteroatoms. The molecule has 2 aromatic rings. The Morgan fingerprint density at radius 2 is 2.11 bits per heavy atom. The summed E-state index contributed by atoms with van der Waals surface area (Å²) in [4.78, 5) is 16.1. The molecule has 4 rings (SSSR count). The molecule has 0 aromatic carbocycles. The number of rotatable bonds is 6. The van der Waals surface area contributed by atoms with Crippen LogP contribution in [0.4, 0.5) is 11.9 Å². The highest BCUT2D eigenvalue weighted by Gasteiger charge is 2.26. The van der Waals surface area contributed by atoms with Gasteiger partial charge < -0.3 is 19.7 Å². The van der Waals surface area contributed by atoms with E-state index in [1.54, 1.807) is 11.8 Å². The van der Waals surface area contributed by atoms with Crippen molar-refractivity contribution in [1.82, 2.24) is 24.7 Å². The minimum atomic E-state index is 0.290. The van der Waals surface area contributed by atoms with Crippen LogP contribution in [0.25, 0.3) is 0 Å². The highest BCUT2D eigenvalue weighted by molar-refractivity contribution is 5.37. The van der Waals surface area contributed by atoms with Crippen LogP contribution in [0.3, 0.4) is 0 Å². The van der Waals surface area contributed by atoms with E-state index in [0.717, 1.165) is 63.2 Å². The van der Waals surface area contributed by atoms with Crippen molar-refractivity contribution in [2.75, 3.05) is 43.6 Å². The third-order valence-corrected chi connectivity index (χ3v) is 5.19. The van der Waals surface area contributed by atoms with Crippen LogP contribution in [-0.4, -0.2) is 64.2 Å². The Bertz CT molecular complexity index is 760. The van der Waals surface area contributed by atoms with Crippen LogP contribution in [0, 0.1) is 0 Å². The van der Waals surface area contributed by atoms with E-state index < -0.39 is 0 Å². The molecule has 0 saturated carbocycles. The SMILES string of the molecule is COCc1nc(NC2CCN(c3nccc(C4CCOCC4)n3)C2)n(C)n1. The van der Waals surface area contributed by atoms with E-state index >= 15 is 0 Å². The summed E-state index contributed by atoms with van der Waals surface area (Å²) >= 11 is 0. The first-order valence-corrected chi connectivity index (χ1v) is 9.54. The third-order valence-electron chi connectivity index (χ3n) is 5.19. The number of aryl methyl sites for hydroxylation is 1. The van der Waals surface area contributed by atoms with Crippen molar-refractivity contribution >= 4 is 11.9 Å². The average Bonchev–Trinajstić information content (AvgIpc) is 3.30. The maximum Gasteiger partial charge on any atom is 0.225 e. The zero-order chi connectivity index (χ0) is 18.6. The van der Waals surface area contributed by atoms with Crippen LogP contribution in [0.1, 0.15) is 36.7 Å². The summed E-state index contributed by atoms with van der Waals surface area (Å²) in [6.45, 7) is 3.84. The van der Waals surface area contributed by atoms with Crippen LogP contribution in [0.15, 0.2) is 12.3 Å². The maximum absolute atomic E-state index is 5.47. The largest absolute Gasteiger partial charge is 0.381 e. The molecular formula is C18H27N7O2. The highest BCUT2D eigenvalue weighted by Crippen LogP contribution is 2.27. The first kappa shape index (κ1) is 18.1. The van der Waals surface area contributed by atoms with Gasteiger partial charge in [0.05, 0.1) is 0 Å². The Balaban J connectivity index is 1.39. The minimum Gasteiger partial charge on any atom is -0.381 e.